The average Bonchev–Trinajstić information content (AvgIpc) is 2.29. The van der Waals surface area contributed by atoms with E-state index < -0.39 is 6.04 Å². The van der Waals surface area contributed by atoms with E-state index in [2.05, 4.69) is 5.32 Å². The summed E-state index contributed by atoms with van der Waals surface area (Å²) < 4.78 is 0. The van der Waals surface area contributed by atoms with Gasteiger partial charge in [-0.05, 0) is 18.8 Å². The summed E-state index contributed by atoms with van der Waals surface area (Å²) in [5.41, 5.74) is 0. The Balaban J connectivity index is 2.06. The molecule has 2 rings (SSSR count). The first-order valence-corrected chi connectivity index (χ1v) is 6.11. The molecule has 0 bridgehead atoms. The van der Waals surface area contributed by atoms with Crippen LogP contribution < -0.4 is 5.32 Å². The first kappa shape index (κ1) is 11.4. The van der Waals surface area contributed by atoms with Crippen LogP contribution in [0, 0.1) is 16.0 Å². The zero-order chi connectivity index (χ0) is 11.5. The number of nitrogens with zero attached hydrogens (tertiary/aromatic N) is 1. The summed E-state index contributed by atoms with van der Waals surface area (Å²) in [6.45, 7) is 0. The molecule has 0 aromatic heterocycles. The van der Waals surface area contributed by atoms with Crippen molar-refractivity contribution in [1.82, 2.24) is 5.32 Å². The predicted molar refractivity (Wildman–Crippen MR) is 58.5 cm³/mol. The van der Waals surface area contributed by atoms with Crippen molar-refractivity contribution in [2.24, 2.45) is 5.92 Å². The van der Waals surface area contributed by atoms with E-state index in [1.165, 1.54) is 6.42 Å². The van der Waals surface area contributed by atoms with Crippen LogP contribution in [0.1, 0.15) is 44.9 Å². The molecular weight excluding hydrogens is 208 g/mol. The second-order valence-electron chi connectivity index (χ2n) is 4.88. The zero-order valence-corrected chi connectivity index (χ0v) is 9.35. The van der Waals surface area contributed by atoms with Crippen LogP contribution in [0.3, 0.4) is 0 Å². The third kappa shape index (κ3) is 2.33. The summed E-state index contributed by atoms with van der Waals surface area (Å²) >= 11 is 0. The molecule has 0 radical (unpaired) electrons. The summed E-state index contributed by atoms with van der Waals surface area (Å²) in [5.74, 6) is 0.294. The van der Waals surface area contributed by atoms with Crippen molar-refractivity contribution in [3.63, 3.8) is 0 Å². The van der Waals surface area contributed by atoms with Gasteiger partial charge >= 0.3 is 0 Å². The SMILES string of the molecule is O=C1CC[C@@H]([N+](=O)[O-])[C@H](C2CCCCC2)N1. The van der Waals surface area contributed by atoms with Crippen molar-refractivity contribution in [1.29, 1.82) is 0 Å². The highest BCUT2D eigenvalue weighted by atomic mass is 16.6. The van der Waals surface area contributed by atoms with Gasteiger partial charge in [-0.15, -0.1) is 0 Å². The minimum absolute atomic E-state index is 0.0197. The van der Waals surface area contributed by atoms with Crippen molar-refractivity contribution in [2.45, 2.75) is 57.0 Å². The van der Waals surface area contributed by atoms with Crippen LogP contribution in [0.5, 0.6) is 0 Å². The Hall–Kier alpha value is -1.13. The number of rotatable bonds is 2. The number of hydrogen-bond donors (Lipinski definition) is 1. The molecule has 5 heteroatoms. The second-order valence-corrected chi connectivity index (χ2v) is 4.88. The third-order valence-corrected chi connectivity index (χ3v) is 3.84. The molecule has 1 aliphatic carbocycles. The Morgan fingerprint density at radius 1 is 1.19 bits per heavy atom. The lowest BCUT2D eigenvalue weighted by Gasteiger charge is -2.34. The van der Waals surface area contributed by atoms with Crippen molar-refractivity contribution in [3.05, 3.63) is 10.1 Å². The standard InChI is InChI=1S/C11H18N2O3/c14-10-7-6-9(13(15)16)11(12-10)8-4-2-1-3-5-8/h8-9,11H,1-7H2,(H,12,14)/t9-,11+/m1/s1. The molecule has 2 atom stereocenters. The van der Waals surface area contributed by atoms with E-state index in [0.29, 0.717) is 18.8 Å². The van der Waals surface area contributed by atoms with Crippen molar-refractivity contribution in [3.8, 4) is 0 Å². The summed E-state index contributed by atoms with van der Waals surface area (Å²) in [6.07, 6.45) is 6.25. The fourth-order valence-corrected chi connectivity index (χ4v) is 2.97. The maximum Gasteiger partial charge on any atom is 0.233 e. The average molecular weight is 226 g/mol. The van der Waals surface area contributed by atoms with Crippen molar-refractivity contribution >= 4 is 5.91 Å². The molecule has 1 saturated heterocycles. The molecule has 5 nitrogen and oxygen atoms in total. The number of nitrogens with one attached hydrogen (secondary N) is 1. The molecule has 1 aliphatic heterocycles. The van der Waals surface area contributed by atoms with Gasteiger partial charge in [0.1, 0.15) is 0 Å². The fourth-order valence-electron chi connectivity index (χ4n) is 2.97. The fraction of sp³-hybridized carbons (Fsp3) is 0.909. The second kappa shape index (κ2) is 4.80. The van der Waals surface area contributed by atoms with Crippen LogP contribution in [-0.4, -0.2) is 22.9 Å². The highest BCUT2D eigenvalue weighted by molar-refractivity contribution is 5.77. The first-order chi connectivity index (χ1) is 7.68. The first-order valence-electron chi connectivity index (χ1n) is 6.11. The van der Waals surface area contributed by atoms with Gasteiger partial charge < -0.3 is 5.32 Å². The largest absolute Gasteiger partial charge is 0.346 e. The highest BCUT2D eigenvalue weighted by Gasteiger charge is 2.41. The van der Waals surface area contributed by atoms with Crippen molar-refractivity contribution in [2.75, 3.05) is 0 Å². The van der Waals surface area contributed by atoms with Gasteiger partial charge in [0.05, 0.1) is 6.04 Å². The molecule has 16 heavy (non-hydrogen) atoms. The van der Waals surface area contributed by atoms with Gasteiger partial charge in [-0.25, -0.2) is 0 Å². The van der Waals surface area contributed by atoms with Crippen LogP contribution in [0.2, 0.25) is 0 Å². The van der Waals surface area contributed by atoms with Gasteiger partial charge in [0.25, 0.3) is 0 Å². The maximum absolute atomic E-state index is 11.4. The van der Waals surface area contributed by atoms with Crippen LogP contribution >= 0.6 is 0 Å². The molecule has 90 valence electrons. The maximum atomic E-state index is 11.4. The number of nitro groups is 1. The van der Waals surface area contributed by atoms with Gasteiger partial charge in [-0.3, -0.25) is 14.9 Å². The van der Waals surface area contributed by atoms with E-state index in [1.807, 2.05) is 0 Å². The van der Waals surface area contributed by atoms with Crippen LogP contribution in [0.4, 0.5) is 0 Å². The molecule has 0 unspecified atom stereocenters. The summed E-state index contributed by atoms with van der Waals surface area (Å²) in [5, 5.41) is 13.8. The van der Waals surface area contributed by atoms with E-state index >= 15 is 0 Å². The minimum Gasteiger partial charge on any atom is -0.346 e. The van der Waals surface area contributed by atoms with Crippen LogP contribution in [0.15, 0.2) is 0 Å². The molecule has 1 saturated carbocycles. The Morgan fingerprint density at radius 2 is 1.88 bits per heavy atom. The monoisotopic (exact) mass is 226 g/mol. The van der Waals surface area contributed by atoms with Crippen LogP contribution in [-0.2, 0) is 4.79 Å². The smallest absolute Gasteiger partial charge is 0.233 e. The quantitative estimate of drug-likeness (QED) is 0.572. The van der Waals surface area contributed by atoms with Gasteiger partial charge in [0, 0.05) is 17.8 Å². The van der Waals surface area contributed by atoms with E-state index in [4.69, 9.17) is 0 Å². The summed E-state index contributed by atoms with van der Waals surface area (Å²) in [6, 6.07) is -0.794. The minimum atomic E-state index is -0.569. The number of piperidine rings is 1. The predicted octanol–water partition coefficient (Wildman–Crippen LogP) is 1.49. The number of hydrogen-bond acceptors (Lipinski definition) is 3. The topological polar surface area (TPSA) is 72.2 Å². The summed E-state index contributed by atoms with van der Waals surface area (Å²) in [7, 11) is 0. The Labute approximate surface area is 94.7 Å². The van der Waals surface area contributed by atoms with E-state index in [9.17, 15) is 14.9 Å². The zero-order valence-electron chi connectivity index (χ0n) is 9.35. The van der Waals surface area contributed by atoms with Crippen LogP contribution in [0.25, 0.3) is 0 Å². The molecule has 1 N–H and O–H groups in total. The number of carbonyl (C=O) groups is 1. The molecule has 2 aliphatic rings. The Kier molecular flexibility index (Phi) is 3.41. The molecule has 0 spiro atoms. The van der Waals surface area contributed by atoms with Gasteiger partial charge in [0.2, 0.25) is 11.9 Å². The highest BCUT2D eigenvalue weighted by Crippen LogP contribution is 2.31. The lowest BCUT2D eigenvalue weighted by Crippen LogP contribution is -2.55. The number of carbonyl (C=O) groups excluding carboxylic acids is 1. The molecular formula is C11H18N2O3. The summed E-state index contributed by atoms with van der Waals surface area (Å²) in [4.78, 5) is 22.1. The van der Waals surface area contributed by atoms with Gasteiger partial charge in [0.15, 0.2) is 0 Å². The van der Waals surface area contributed by atoms with E-state index in [1.54, 1.807) is 0 Å². The molecule has 2 fully saturated rings. The van der Waals surface area contributed by atoms with Gasteiger partial charge in [-0.1, -0.05) is 19.3 Å². The van der Waals surface area contributed by atoms with E-state index in [0.717, 1.165) is 25.7 Å². The molecule has 0 aromatic rings. The molecule has 1 heterocycles. The van der Waals surface area contributed by atoms with Gasteiger partial charge in [-0.2, -0.15) is 0 Å². The third-order valence-electron chi connectivity index (χ3n) is 3.84. The Morgan fingerprint density at radius 3 is 2.50 bits per heavy atom. The molecule has 0 aromatic carbocycles. The lowest BCUT2D eigenvalue weighted by molar-refractivity contribution is -0.530. The number of amides is 1. The molecule has 1 amide bonds. The van der Waals surface area contributed by atoms with E-state index in [-0.39, 0.29) is 16.9 Å². The van der Waals surface area contributed by atoms with Crippen molar-refractivity contribution < 1.29 is 9.72 Å². The normalized spacial score (nSPS) is 32.1. The lowest BCUT2D eigenvalue weighted by atomic mass is 9.79. The Bertz CT molecular complexity index is 287.